The van der Waals surface area contributed by atoms with Gasteiger partial charge in [0.2, 0.25) is 5.78 Å². The number of aromatic nitrogens is 1. The maximum absolute atomic E-state index is 15.3. The number of carbonyl (C=O) groups is 2. The zero-order chi connectivity index (χ0) is 37.7. The van der Waals surface area contributed by atoms with E-state index in [1.54, 1.807) is 7.11 Å². The Kier molecular flexibility index (Phi) is 7.64. The predicted molar refractivity (Wildman–Crippen MR) is 204 cm³/mol. The molecule has 0 fully saturated rings. The van der Waals surface area contributed by atoms with E-state index >= 15 is 9.59 Å². The fourth-order valence-corrected chi connectivity index (χ4v) is 10.1. The molecule has 4 aromatic rings. The molecule has 0 bridgehead atoms. The highest BCUT2D eigenvalue weighted by molar-refractivity contribution is 6.38. The van der Waals surface area contributed by atoms with Gasteiger partial charge < -0.3 is 23.8 Å². The van der Waals surface area contributed by atoms with Gasteiger partial charge >= 0.3 is 0 Å². The van der Waals surface area contributed by atoms with E-state index in [2.05, 4.69) is 45.0 Å². The van der Waals surface area contributed by atoms with E-state index in [1.807, 2.05) is 73.7 Å². The van der Waals surface area contributed by atoms with E-state index in [0.29, 0.717) is 22.6 Å². The lowest BCUT2D eigenvalue weighted by Crippen LogP contribution is -2.51. The molecule has 3 aromatic carbocycles. The summed E-state index contributed by atoms with van der Waals surface area (Å²) in [5.74, 6) is -1.05. The Morgan fingerprint density at radius 3 is 2.20 bits per heavy atom. The number of hydrogen-bond acceptors (Lipinski definition) is 8. The zero-order valence-corrected chi connectivity index (χ0v) is 31.5. The third-order valence-corrected chi connectivity index (χ3v) is 12.9. The van der Waals surface area contributed by atoms with Crippen molar-refractivity contribution < 1.29 is 33.4 Å². The number of Topliss-reactive ketones (excluding diaryl/α,β-unsaturated/α-hetero) is 2. The van der Waals surface area contributed by atoms with Crippen molar-refractivity contribution in [2.75, 3.05) is 7.11 Å². The minimum Gasteiger partial charge on any atom is -0.507 e. The molecule has 2 unspecified atom stereocenters. The van der Waals surface area contributed by atoms with Crippen LogP contribution in [0.25, 0.3) is 11.3 Å². The number of fused-ring (bicyclic) bond motifs is 4. The second-order valence-corrected chi connectivity index (χ2v) is 16.1. The third kappa shape index (κ3) is 4.55. The Morgan fingerprint density at radius 2 is 1.56 bits per heavy atom. The van der Waals surface area contributed by atoms with Crippen LogP contribution >= 0.6 is 0 Å². The lowest BCUT2D eigenvalue weighted by atomic mass is 9.54. The molecule has 8 heteroatoms. The van der Waals surface area contributed by atoms with Crippen molar-refractivity contribution in [2.24, 2.45) is 11.3 Å². The van der Waals surface area contributed by atoms with E-state index in [0.717, 1.165) is 46.2 Å². The van der Waals surface area contributed by atoms with Crippen LogP contribution in [0.3, 0.4) is 0 Å². The number of methoxy groups -OCH3 is 1. The first-order valence-corrected chi connectivity index (χ1v) is 18.7. The highest BCUT2D eigenvalue weighted by Crippen LogP contribution is 2.66. The van der Waals surface area contributed by atoms with Crippen molar-refractivity contribution in [2.45, 2.75) is 78.1 Å². The van der Waals surface area contributed by atoms with Crippen LogP contribution in [0.1, 0.15) is 90.0 Å². The normalized spacial score (nSPS) is 24.8. The van der Waals surface area contributed by atoms with E-state index in [1.165, 1.54) is 5.57 Å². The monoisotopic (exact) mass is 721 g/mol. The molecule has 5 aliphatic carbocycles. The molecule has 8 nitrogen and oxygen atoms in total. The molecule has 1 N–H and O–H groups in total. The number of ketones is 2. The van der Waals surface area contributed by atoms with Crippen molar-refractivity contribution in [3.8, 4) is 11.6 Å². The molecule has 1 heterocycles. The highest BCUT2D eigenvalue weighted by atomic mass is 16.5. The molecule has 0 amide bonds. The number of benzene rings is 3. The SMILES string of the molecule is COC1(C)C2=C(C(=O)C3=C(O)c4c(OCc5ccccc5)noc4C[C@@H]31)C(=O)c1c(OCc3ccccc3)cc(C)c3c1C2=CC31C(C)=CCCC1(C)C. The van der Waals surface area contributed by atoms with Crippen LogP contribution < -0.4 is 9.47 Å². The average molecular weight is 722 g/mol. The molecule has 1 aromatic heterocycles. The molecule has 3 atom stereocenters. The van der Waals surface area contributed by atoms with Gasteiger partial charge in [-0.25, -0.2) is 0 Å². The summed E-state index contributed by atoms with van der Waals surface area (Å²) in [5.41, 5.74) is 6.08. The van der Waals surface area contributed by atoms with Gasteiger partial charge in [-0.05, 0) is 78.1 Å². The summed E-state index contributed by atoms with van der Waals surface area (Å²) in [6.45, 7) is 11.2. The van der Waals surface area contributed by atoms with Crippen LogP contribution in [0.15, 0.2) is 106 Å². The summed E-state index contributed by atoms with van der Waals surface area (Å²) < 4.78 is 24.9. The van der Waals surface area contributed by atoms with Gasteiger partial charge in [0, 0.05) is 41.6 Å². The van der Waals surface area contributed by atoms with E-state index in [-0.39, 0.29) is 53.4 Å². The molecular formula is C46H43NO7. The fourth-order valence-electron chi connectivity index (χ4n) is 10.1. The van der Waals surface area contributed by atoms with Crippen LogP contribution in [0.5, 0.6) is 11.6 Å². The summed E-state index contributed by atoms with van der Waals surface area (Å²) in [4.78, 5) is 30.5. The van der Waals surface area contributed by atoms with Gasteiger partial charge in [-0.15, -0.1) is 0 Å². The summed E-state index contributed by atoms with van der Waals surface area (Å²) >= 11 is 0. The van der Waals surface area contributed by atoms with Crippen LogP contribution in [0.4, 0.5) is 0 Å². The van der Waals surface area contributed by atoms with Crippen molar-refractivity contribution >= 4 is 22.9 Å². The number of rotatable bonds is 7. The lowest BCUT2D eigenvalue weighted by Gasteiger charge is -2.48. The number of aliphatic hydroxyl groups excluding tert-OH is 1. The van der Waals surface area contributed by atoms with Crippen molar-refractivity contribution in [3.05, 3.63) is 146 Å². The second-order valence-electron chi connectivity index (χ2n) is 16.1. The van der Waals surface area contributed by atoms with Gasteiger partial charge in [0.25, 0.3) is 5.88 Å². The number of ether oxygens (including phenoxy) is 3. The maximum Gasteiger partial charge on any atom is 0.265 e. The van der Waals surface area contributed by atoms with Crippen molar-refractivity contribution in [3.63, 3.8) is 0 Å². The summed E-state index contributed by atoms with van der Waals surface area (Å²) in [7, 11) is 1.60. The molecule has 0 radical (unpaired) electrons. The molecule has 9 rings (SSSR count). The number of carbonyl (C=O) groups excluding carboxylic acids is 2. The molecular weight excluding hydrogens is 679 g/mol. The molecule has 0 saturated heterocycles. The summed E-state index contributed by atoms with van der Waals surface area (Å²) in [6, 6.07) is 21.4. The Labute approximate surface area is 314 Å². The van der Waals surface area contributed by atoms with Gasteiger partial charge in [-0.3, -0.25) is 9.59 Å². The average Bonchev–Trinajstić information content (AvgIpc) is 3.75. The standard InChI is InChI=1S/C46H43NO7/c1-25-20-31(52-23-27-15-9-7-10-16-27)35-33-29(22-46(38(25)33)26(2)14-13-19-44(46,3)4)39-37(42(35)50)41(49)34-30(45(39,5)51-6)21-32-36(40(34)48)43(47-54-32)53-24-28-17-11-8-12-18-28/h7-12,14-18,20,22,30,48H,13,19,21,23-24H2,1-6H3/t30-,45?,46?/m0/s1. The topological polar surface area (TPSA) is 108 Å². The summed E-state index contributed by atoms with van der Waals surface area (Å²) in [6.07, 6.45) is 6.73. The van der Waals surface area contributed by atoms with Crippen LogP contribution in [0.2, 0.25) is 0 Å². The molecule has 0 saturated carbocycles. The molecule has 0 aliphatic heterocycles. The number of aryl methyl sites for hydroxylation is 1. The van der Waals surface area contributed by atoms with Crippen molar-refractivity contribution in [1.29, 1.82) is 0 Å². The van der Waals surface area contributed by atoms with Gasteiger partial charge in [-0.2, -0.15) is 0 Å². The Hall–Kier alpha value is -5.47. The van der Waals surface area contributed by atoms with Gasteiger partial charge in [0.05, 0.1) is 16.7 Å². The fraction of sp³-hybridized carbons (Fsp3) is 0.326. The Balaban J connectivity index is 1.26. The first kappa shape index (κ1) is 34.3. The molecule has 5 aliphatic rings. The van der Waals surface area contributed by atoms with E-state index in [9.17, 15) is 5.11 Å². The molecule has 274 valence electrons. The highest BCUT2D eigenvalue weighted by Gasteiger charge is 2.61. The first-order chi connectivity index (χ1) is 25.9. The number of allylic oxidation sites excluding steroid dienone is 4. The minimum absolute atomic E-state index is 0.00535. The van der Waals surface area contributed by atoms with Gasteiger partial charge in [0.1, 0.15) is 30.3 Å². The zero-order valence-electron chi connectivity index (χ0n) is 31.5. The number of nitrogens with zero attached hydrogens (tertiary/aromatic N) is 1. The predicted octanol–water partition coefficient (Wildman–Crippen LogP) is 9.16. The van der Waals surface area contributed by atoms with Crippen molar-refractivity contribution in [1.82, 2.24) is 5.16 Å². The van der Waals surface area contributed by atoms with Gasteiger partial charge in [0.15, 0.2) is 11.5 Å². The maximum atomic E-state index is 15.3. The smallest absolute Gasteiger partial charge is 0.265 e. The van der Waals surface area contributed by atoms with Crippen LogP contribution in [-0.4, -0.2) is 34.5 Å². The minimum atomic E-state index is -1.21. The number of aliphatic hydroxyl groups is 1. The van der Waals surface area contributed by atoms with Crippen LogP contribution in [0, 0.1) is 18.3 Å². The first-order valence-electron chi connectivity index (χ1n) is 18.7. The van der Waals surface area contributed by atoms with Gasteiger partial charge in [-0.1, -0.05) is 92.2 Å². The lowest BCUT2D eigenvalue weighted by molar-refractivity contribution is -0.115. The number of hydrogen-bond donors (Lipinski definition) is 1. The molecule has 54 heavy (non-hydrogen) atoms. The summed E-state index contributed by atoms with van der Waals surface area (Å²) in [5, 5.41) is 16.3. The van der Waals surface area contributed by atoms with E-state index in [4.69, 9.17) is 18.7 Å². The quantitative estimate of drug-likeness (QED) is 0.149. The molecule has 1 spiro atoms. The Morgan fingerprint density at radius 1 is 0.889 bits per heavy atom. The second kappa shape index (κ2) is 12.0. The third-order valence-electron chi connectivity index (χ3n) is 12.9. The Bertz CT molecular complexity index is 2410. The largest absolute Gasteiger partial charge is 0.507 e. The van der Waals surface area contributed by atoms with Crippen LogP contribution in [-0.2, 0) is 34.6 Å². The van der Waals surface area contributed by atoms with E-state index < -0.39 is 28.5 Å².